The van der Waals surface area contributed by atoms with Crippen LogP contribution in [-0.2, 0) is 16.2 Å². The van der Waals surface area contributed by atoms with Crippen molar-refractivity contribution in [2.75, 3.05) is 9.80 Å². The Hall–Kier alpha value is -11.3. The summed E-state index contributed by atoms with van der Waals surface area (Å²) < 4.78 is 222. The summed E-state index contributed by atoms with van der Waals surface area (Å²) in [5.74, 6) is 0. The summed E-state index contributed by atoms with van der Waals surface area (Å²) in [4.78, 5) is 3.64. The standard InChI is InChI=1S/C90H71BN4O2/c1-88(2,3)56-36-46-75-69(48-56)63-28-16-20-32-73(63)92(75)59-38-44-71-77(52-59)94(84-61(54-24-12-10-13-25-54)40-42-67-65-30-18-22-34-81(65)96-86(67)84)79-50-58(90(7,8)9)51-80-83(79)91(71)72-45-39-60(93-74-33-21-17-29-64(74)70-49-57(89(4,5)6)37-47-76(70)93)53-78(72)95(80)85-62(55-26-14-11-15-27-55)41-43-68-66-31-19-23-35-82(66)97-87(68)85/h10-53H,1-9H3/i16D,17D,20D,21D,28D,29D,32D,33D,36D,37D,38D,39D,44D,45D,46D,47D,48D,49D,52D,53D. The Kier molecular flexibility index (Phi) is 8.54. The quantitative estimate of drug-likeness (QED) is 0.156. The normalized spacial score (nSPS) is 16.2. The first-order chi connectivity index (χ1) is 55.4. The highest BCUT2D eigenvalue weighted by Crippen LogP contribution is 2.55. The van der Waals surface area contributed by atoms with Crippen molar-refractivity contribution in [1.29, 1.82) is 0 Å². The second-order valence-electron chi connectivity index (χ2n) is 28.4. The molecule has 4 aromatic heterocycles. The van der Waals surface area contributed by atoms with Crippen LogP contribution in [0.25, 0.3) is 121 Å². The molecule has 6 nitrogen and oxygen atoms in total. The fraction of sp³-hybridized carbons (Fsp3) is 0.133. The van der Waals surface area contributed by atoms with E-state index in [2.05, 4.69) is 0 Å². The lowest BCUT2D eigenvalue weighted by Crippen LogP contribution is -2.61. The lowest BCUT2D eigenvalue weighted by molar-refractivity contribution is 0.590. The number of anilines is 6. The van der Waals surface area contributed by atoms with Crippen LogP contribution in [0.2, 0.25) is 0 Å². The molecule has 0 bridgehead atoms. The Bertz CT molecular complexity index is 6990. The van der Waals surface area contributed by atoms with Crippen LogP contribution in [0.1, 0.15) is 106 Å². The molecule has 0 spiro atoms. The zero-order chi connectivity index (χ0) is 82.9. The van der Waals surface area contributed by atoms with Crippen molar-refractivity contribution in [2.24, 2.45) is 0 Å². The minimum absolute atomic E-state index is 0.0878. The molecule has 0 aliphatic carbocycles. The summed E-state index contributed by atoms with van der Waals surface area (Å²) in [6.07, 6.45) is 0. The Morgan fingerprint density at radius 1 is 0.340 bits per heavy atom. The van der Waals surface area contributed by atoms with Crippen LogP contribution in [0.4, 0.5) is 34.1 Å². The third-order valence-corrected chi connectivity index (χ3v) is 19.3. The van der Waals surface area contributed by atoms with E-state index in [1.807, 2.05) is 176 Å². The van der Waals surface area contributed by atoms with Gasteiger partial charge in [-0.05, 0) is 157 Å². The molecule has 17 aromatic rings. The summed E-state index contributed by atoms with van der Waals surface area (Å²) >= 11 is 0. The lowest BCUT2D eigenvalue weighted by Gasteiger charge is -2.45. The highest BCUT2D eigenvalue weighted by molar-refractivity contribution is 7.00. The van der Waals surface area contributed by atoms with Gasteiger partial charge in [0.1, 0.15) is 11.2 Å². The molecule has 0 N–H and O–H groups in total. The topological polar surface area (TPSA) is 42.6 Å². The molecule has 19 rings (SSSR count). The van der Waals surface area contributed by atoms with Crippen LogP contribution in [-0.4, -0.2) is 15.8 Å². The van der Waals surface area contributed by atoms with Crippen LogP contribution < -0.4 is 26.2 Å². The molecule has 2 aliphatic rings. The predicted molar refractivity (Wildman–Crippen MR) is 411 cm³/mol. The van der Waals surface area contributed by atoms with Crippen LogP contribution >= 0.6 is 0 Å². The van der Waals surface area contributed by atoms with Crippen LogP contribution in [0.3, 0.4) is 0 Å². The second kappa shape index (κ2) is 20.6. The molecule has 0 atom stereocenters. The van der Waals surface area contributed by atoms with E-state index in [1.165, 1.54) is 9.13 Å². The Morgan fingerprint density at radius 2 is 0.742 bits per heavy atom. The maximum atomic E-state index is 11.7. The summed E-state index contributed by atoms with van der Waals surface area (Å²) in [5.41, 5.74) is 0.291. The molecule has 0 fully saturated rings. The summed E-state index contributed by atoms with van der Waals surface area (Å²) in [6.45, 7) is 15.0. The van der Waals surface area contributed by atoms with Crippen LogP contribution in [0.5, 0.6) is 0 Å². The van der Waals surface area contributed by atoms with Gasteiger partial charge in [0.2, 0.25) is 0 Å². The maximum Gasteiger partial charge on any atom is 0.252 e. The number of hydrogen-bond donors (Lipinski definition) is 0. The average molecular weight is 1270 g/mol. The molecule has 2 aliphatic heterocycles. The van der Waals surface area contributed by atoms with Gasteiger partial charge in [0.25, 0.3) is 6.71 Å². The molecule has 6 heterocycles. The number of fused-ring (bicyclic) bond motifs is 16. The van der Waals surface area contributed by atoms with Crippen molar-refractivity contribution in [3.63, 3.8) is 0 Å². The van der Waals surface area contributed by atoms with Gasteiger partial charge >= 0.3 is 0 Å². The highest BCUT2D eigenvalue weighted by Gasteiger charge is 2.47. The van der Waals surface area contributed by atoms with Crippen molar-refractivity contribution in [3.8, 4) is 33.6 Å². The number of furan rings is 2. The molecule has 97 heavy (non-hydrogen) atoms. The number of para-hydroxylation sites is 4. The average Bonchev–Trinajstić information content (AvgIpc) is 1.13. The molecular weight excluding hydrogens is 1180 g/mol. The largest absolute Gasteiger partial charge is 0.454 e. The Labute approximate surface area is 593 Å². The van der Waals surface area contributed by atoms with E-state index in [9.17, 15) is 27.4 Å². The third kappa shape index (κ3) is 8.53. The molecule has 0 amide bonds. The van der Waals surface area contributed by atoms with Gasteiger partial charge in [-0.15, -0.1) is 0 Å². The summed E-state index contributed by atoms with van der Waals surface area (Å²) in [6, 6.07) is 33.6. The maximum absolute atomic E-state index is 11.7. The molecule has 7 heteroatoms. The van der Waals surface area contributed by atoms with E-state index < -0.39 is 143 Å². The number of nitrogens with zero attached hydrogens (tertiary/aromatic N) is 4. The summed E-state index contributed by atoms with van der Waals surface area (Å²) in [7, 11) is 0. The van der Waals surface area contributed by atoms with E-state index in [0.29, 0.717) is 77.4 Å². The zero-order valence-corrected chi connectivity index (χ0v) is 54.5. The Morgan fingerprint density at radius 3 is 1.18 bits per heavy atom. The minimum Gasteiger partial charge on any atom is -0.454 e. The molecule has 0 saturated carbocycles. The number of rotatable bonds is 6. The minimum atomic E-state index is -1.62. The number of benzene rings is 13. The van der Waals surface area contributed by atoms with E-state index in [0.717, 1.165) is 0 Å². The smallest absolute Gasteiger partial charge is 0.252 e. The van der Waals surface area contributed by atoms with E-state index >= 15 is 0 Å². The van der Waals surface area contributed by atoms with Crippen molar-refractivity contribution in [3.05, 3.63) is 283 Å². The van der Waals surface area contributed by atoms with Gasteiger partial charge in [0.15, 0.2) is 11.2 Å². The fourth-order valence-electron chi connectivity index (χ4n) is 14.6. The van der Waals surface area contributed by atoms with Gasteiger partial charge in [-0.3, -0.25) is 0 Å². The molecule has 466 valence electrons. The van der Waals surface area contributed by atoms with Crippen molar-refractivity contribution in [1.82, 2.24) is 9.13 Å². The number of hydrogen-bond acceptors (Lipinski definition) is 4. The summed E-state index contributed by atoms with van der Waals surface area (Å²) in [5, 5.41) is 1.85. The molecule has 0 radical (unpaired) electrons. The van der Waals surface area contributed by atoms with E-state index in [4.69, 9.17) is 8.83 Å². The molecular formula is C90H71BN4O2. The predicted octanol–water partition coefficient (Wildman–Crippen LogP) is 23.0. The van der Waals surface area contributed by atoms with Crippen molar-refractivity contribution >= 4 is 145 Å². The lowest BCUT2D eigenvalue weighted by atomic mass is 9.33. The SMILES string of the molecule is [2H]c1c([2H])c(-n2c3c([2H])c([2H])c([2H])c([2H])c3c3c([2H])c(C(C)(C)C)c([2H])c([2H])c32)c([2H])c2c1B1c3c(cc(C(C)(C)C)cc3N(c3c(-c4ccccc4)ccc4c3oc3ccccc34)c3c([2H])c(-n4c5c([2H])c([2H])c([2H])c([2H])c5c5c([2H])c(C(C)(C)C)c([2H])c([2H])c54)c([2H])c([2H])c31)N2c1c(-c2ccccc2)ccc2c1oc1ccccc12. The van der Waals surface area contributed by atoms with Gasteiger partial charge < -0.3 is 27.8 Å². The second-order valence-corrected chi connectivity index (χ2v) is 28.4. The third-order valence-electron chi connectivity index (χ3n) is 19.3. The van der Waals surface area contributed by atoms with Crippen LogP contribution in [0, 0.1) is 0 Å². The Balaban J connectivity index is 1.08. The first-order valence-corrected chi connectivity index (χ1v) is 32.6. The molecule has 0 unspecified atom stereocenters. The first-order valence-electron chi connectivity index (χ1n) is 42.6. The zero-order valence-electron chi connectivity index (χ0n) is 74.5. The van der Waals surface area contributed by atoms with E-state index in [-0.39, 0.29) is 112 Å². The van der Waals surface area contributed by atoms with Crippen molar-refractivity contribution in [2.45, 2.75) is 78.6 Å². The van der Waals surface area contributed by atoms with Gasteiger partial charge in [-0.25, -0.2) is 0 Å². The van der Waals surface area contributed by atoms with Gasteiger partial charge in [0, 0.05) is 88.3 Å². The van der Waals surface area contributed by atoms with Crippen molar-refractivity contribution < 1.29 is 36.2 Å². The van der Waals surface area contributed by atoms with E-state index in [1.54, 1.807) is 41.5 Å². The molecule has 0 saturated heterocycles. The van der Waals surface area contributed by atoms with Gasteiger partial charge in [-0.1, -0.05) is 232 Å². The van der Waals surface area contributed by atoms with Gasteiger partial charge in [-0.2, -0.15) is 0 Å². The first kappa shape index (κ1) is 40.2. The molecule has 13 aromatic carbocycles. The monoisotopic (exact) mass is 1270 g/mol. The number of aromatic nitrogens is 2. The van der Waals surface area contributed by atoms with Crippen LogP contribution in [0.15, 0.2) is 275 Å². The van der Waals surface area contributed by atoms with Gasteiger partial charge in [0.05, 0.1) is 60.9 Å². The highest BCUT2D eigenvalue weighted by atomic mass is 16.3. The fourth-order valence-corrected chi connectivity index (χ4v) is 14.6.